The number of rotatable bonds is 7. The Morgan fingerprint density at radius 1 is 0.923 bits per heavy atom. The topological polar surface area (TPSA) is 72.8 Å². The van der Waals surface area contributed by atoms with Gasteiger partial charge >= 0.3 is 0 Å². The van der Waals surface area contributed by atoms with Crippen LogP contribution in [0, 0.1) is 0 Å². The summed E-state index contributed by atoms with van der Waals surface area (Å²) in [4.78, 5) is 4.25. The van der Waals surface area contributed by atoms with E-state index in [0.717, 1.165) is 17.2 Å². The molecule has 0 spiro atoms. The maximum atomic E-state index is 10.2. The quantitative estimate of drug-likeness (QED) is 0.664. The fourth-order valence-corrected chi connectivity index (χ4v) is 2.38. The van der Waals surface area contributed by atoms with E-state index in [-0.39, 0.29) is 5.75 Å². The zero-order valence-electron chi connectivity index (χ0n) is 14.6. The average molecular weight is 352 g/mol. The molecule has 0 fully saturated rings. The largest absolute Gasteiger partial charge is 0.503 e. The van der Waals surface area contributed by atoms with Gasteiger partial charge in [0.15, 0.2) is 11.5 Å². The lowest BCUT2D eigenvalue weighted by atomic mass is 10.2. The number of aromatic nitrogens is 1. The Morgan fingerprint density at radius 2 is 1.62 bits per heavy atom. The number of ether oxygens (including phenoxy) is 3. The maximum Gasteiger partial charge on any atom is 0.217 e. The third kappa shape index (κ3) is 4.16. The summed E-state index contributed by atoms with van der Waals surface area (Å²) < 4.78 is 16.0. The molecular weight excluding hydrogens is 332 g/mol. The number of hydrogen-bond donors (Lipinski definition) is 2. The van der Waals surface area contributed by atoms with Gasteiger partial charge in [0.2, 0.25) is 5.88 Å². The van der Waals surface area contributed by atoms with E-state index in [9.17, 15) is 5.11 Å². The Hall–Kier alpha value is -3.41. The van der Waals surface area contributed by atoms with Crippen molar-refractivity contribution in [2.24, 2.45) is 0 Å². The van der Waals surface area contributed by atoms with E-state index < -0.39 is 0 Å². The van der Waals surface area contributed by atoms with Crippen molar-refractivity contribution in [2.45, 2.75) is 6.54 Å². The molecule has 1 heterocycles. The summed E-state index contributed by atoms with van der Waals surface area (Å²) in [5, 5.41) is 13.4. The molecule has 0 amide bonds. The molecule has 0 aliphatic heterocycles. The lowest BCUT2D eigenvalue weighted by Gasteiger charge is -2.12. The Bertz CT molecular complexity index is 852. The second-order valence-corrected chi connectivity index (χ2v) is 5.46. The van der Waals surface area contributed by atoms with Crippen LogP contribution in [0.25, 0.3) is 0 Å². The number of nitrogens with one attached hydrogen (secondary N) is 1. The molecule has 1 aromatic heterocycles. The van der Waals surface area contributed by atoms with Crippen LogP contribution in [0.3, 0.4) is 0 Å². The highest BCUT2D eigenvalue weighted by molar-refractivity contribution is 5.50. The van der Waals surface area contributed by atoms with Crippen LogP contribution in [0.15, 0.2) is 60.7 Å². The van der Waals surface area contributed by atoms with E-state index in [1.54, 1.807) is 0 Å². The lowest BCUT2D eigenvalue weighted by Crippen LogP contribution is -2.04. The Kier molecular flexibility index (Phi) is 5.43. The number of para-hydroxylation sites is 1. The van der Waals surface area contributed by atoms with E-state index >= 15 is 0 Å². The summed E-state index contributed by atoms with van der Waals surface area (Å²) in [6.07, 6.45) is 0. The fraction of sp³-hybridized carbons (Fsp3) is 0.150. The Balaban J connectivity index is 1.67. The summed E-state index contributed by atoms with van der Waals surface area (Å²) >= 11 is 0. The molecule has 0 bridgehead atoms. The van der Waals surface area contributed by atoms with Gasteiger partial charge in [0, 0.05) is 11.8 Å². The van der Waals surface area contributed by atoms with Gasteiger partial charge in [-0.3, -0.25) is 0 Å². The van der Waals surface area contributed by atoms with Crippen LogP contribution in [0.2, 0.25) is 0 Å². The minimum atomic E-state index is -0.00942. The van der Waals surface area contributed by atoms with Gasteiger partial charge < -0.3 is 24.6 Å². The van der Waals surface area contributed by atoms with Gasteiger partial charge in [-0.1, -0.05) is 18.2 Å². The van der Waals surface area contributed by atoms with Crippen LogP contribution in [0.1, 0.15) is 5.69 Å². The Labute approximate surface area is 152 Å². The van der Waals surface area contributed by atoms with Crippen LogP contribution >= 0.6 is 0 Å². The monoisotopic (exact) mass is 352 g/mol. The van der Waals surface area contributed by atoms with Crippen LogP contribution < -0.4 is 19.5 Å². The van der Waals surface area contributed by atoms with E-state index in [2.05, 4.69) is 10.3 Å². The highest BCUT2D eigenvalue weighted by atomic mass is 16.5. The summed E-state index contributed by atoms with van der Waals surface area (Å²) in [5.74, 6) is 2.21. The molecule has 2 N–H and O–H groups in total. The van der Waals surface area contributed by atoms with Crippen molar-refractivity contribution in [2.75, 3.05) is 19.5 Å². The minimum absolute atomic E-state index is 0.00942. The molecule has 0 saturated carbocycles. The van der Waals surface area contributed by atoms with E-state index in [1.165, 1.54) is 20.3 Å². The van der Waals surface area contributed by atoms with Crippen molar-refractivity contribution in [3.63, 3.8) is 0 Å². The number of pyridine rings is 1. The second kappa shape index (κ2) is 8.11. The van der Waals surface area contributed by atoms with Gasteiger partial charge in [0.25, 0.3) is 0 Å². The van der Waals surface area contributed by atoms with Crippen LogP contribution in [0.5, 0.6) is 28.9 Å². The van der Waals surface area contributed by atoms with Gasteiger partial charge in [-0.15, -0.1) is 0 Å². The number of methoxy groups -OCH3 is 2. The minimum Gasteiger partial charge on any atom is -0.503 e. The molecule has 3 rings (SSSR count). The van der Waals surface area contributed by atoms with E-state index in [0.29, 0.717) is 23.9 Å². The van der Waals surface area contributed by atoms with Gasteiger partial charge in [-0.2, -0.15) is 0 Å². The first-order chi connectivity index (χ1) is 12.7. The van der Waals surface area contributed by atoms with Crippen molar-refractivity contribution in [3.8, 4) is 28.9 Å². The molecule has 3 aromatic rings. The van der Waals surface area contributed by atoms with Crippen molar-refractivity contribution in [1.82, 2.24) is 4.98 Å². The summed E-state index contributed by atoms with van der Waals surface area (Å²) in [7, 11) is 3.00. The maximum absolute atomic E-state index is 10.2. The van der Waals surface area contributed by atoms with Crippen LogP contribution in [-0.4, -0.2) is 24.3 Å². The number of anilines is 1. The standard InChI is InChI=1S/C20H20N2O4/c1-24-18-12-19(25-2)22-17(20(18)23)13-21-14-8-10-16(11-9-14)26-15-6-4-3-5-7-15/h3-12,21,23H,13H2,1-2H3. The van der Waals surface area contributed by atoms with Crippen molar-refractivity contribution in [1.29, 1.82) is 0 Å². The van der Waals surface area contributed by atoms with Crippen molar-refractivity contribution in [3.05, 3.63) is 66.4 Å². The zero-order valence-corrected chi connectivity index (χ0v) is 14.6. The molecule has 6 heteroatoms. The van der Waals surface area contributed by atoms with Crippen LogP contribution in [0.4, 0.5) is 5.69 Å². The highest BCUT2D eigenvalue weighted by Crippen LogP contribution is 2.32. The number of benzene rings is 2. The fourth-order valence-electron chi connectivity index (χ4n) is 2.38. The number of aromatic hydroxyl groups is 1. The van der Waals surface area contributed by atoms with E-state index in [1.807, 2.05) is 54.6 Å². The first-order valence-corrected chi connectivity index (χ1v) is 8.07. The zero-order chi connectivity index (χ0) is 18.4. The van der Waals surface area contributed by atoms with Crippen molar-refractivity contribution >= 4 is 5.69 Å². The summed E-state index contributed by atoms with van der Waals surface area (Å²) in [6.45, 7) is 0.318. The SMILES string of the molecule is COc1cc(OC)c(O)c(CNc2ccc(Oc3ccccc3)cc2)n1. The van der Waals surface area contributed by atoms with E-state index in [4.69, 9.17) is 14.2 Å². The molecule has 0 unspecified atom stereocenters. The predicted octanol–water partition coefficient (Wildman–Crippen LogP) is 4.21. The van der Waals surface area contributed by atoms with Crippen molar-refractivity contribution < 1.29 is 19.3 Å². The van der Waals surface area contributed by atoms with Gasteiger partial charge in [0.1, 0.15) is 17.2 Å². The molecule has 134 valence electrons. The summed E-state index contributed by atoms with van der Waals surface area (Å²) in [5.41, 5.74) is 1.30. The molecule has 26 heavy (non-hydrogen) atoms. The number of nitrogens with zero attached hydrogens (tertiary/aromatic N) is 1. The first kappa shape index (κ1) is 17.4. The molecule has 6 nitrogen and oxygen atoms in total. The highest BCUT2D eigenvalue weighted by Gasteiger charge is 2.12. The smallest absolute Gasteiger partial charge is 0.217 e. The van der Waals surface area contributed by atoms with Gasteiger partial charge in [-0.05, 0) is 36.4 Å². The van der Waals surface area contributed by atoms with Gasteiger partial charge in [0.05, 0.1) is 20.8 Å². The summed E-state index contributed by atoms with van der Waals surface area (Å²) in [6, 6.07) is 18.7. The molecule has 0 radical (unpaired) electrons. The Morgan fingerprint density at radius 3 is 2.27 bits per heavy atom. The number of hydrogen-bond acceptors (Lipinski definition) is 6. The lowest BCUT2D eigenvalue weighted by molar-refractivity contribution is 0.352. The third-order valence-electron chi connectivity index (χ3n) is 3.73. The average Bonchev–Trinajstić information content (AvgIpc) is 2.69. The third-order valence-corrected chi connectivity index (χ3v) is 3.73. The second-order valence-electron chi connectivity index (χ2n) is 5.46. The molecule has 0 aliphatic carbocycles. The first-order valence-electron chi connectivity index (χ1n) is 8.07. The predicted molar refractivity (Wildman–Crippen MR) is 99.3 cm³/mol. The van der Waals surface area contributed by atoms with Gasteiger partial charge in [-0.25, -0.2) is 4.98 Å². The molecule has 2 aromatic carbocycles. The molecular formula is C20H20N2O4. The van der Waals surface area contributed by atoms with Crippen LogP contribution in [-0.2, 0) is 6.54 Å². The molecule has 0 atom stereocenters. The molecule has 0 aliphatic rings. The normalized spacial score (nSPS) is 10.2. The molecule has 0 saturated heterocycles.